The third-order valence-electron chi connectivity index (χ3n) is 3.98. The summed E-state index contributed by atoms with van der Waals surface area (Å²) in [6, 6.07) is 0. The van der Waals surface area contributed by atoms with E-state index in [0.29, 0.717) is 0 Å². The van der Waals surface area contributed by atoms with Gasteiger partial charge in [-0.25, -0.2) is 0 Å². The van der Waals surface area contributed by atoms with Gasteiger partial charge in [0.05, 0.1) is 0 Å². The molecule has 0 spiro atoms. The van der Waals surface area contributed by atoms with Crippen LogP contribution < -0.4 is 5.50 Å². The molecule has 0 unspecified atom stereocenters. The van der Waals surface area contributed by atoms with Crippen LogP contribution in [-0.4, -0.2) is 29.9 Å². The second-order valence-electron chi connectivity index (χ2n) is 8.24. The molecule has 0 rings (SSSR count). The molecule has 112 valence electrons. The van der Waals surface area contributed by atoms with Gasteiger partial charge in [0.1, 0.15) is 0 Å². The Morgan fingerprint density at radius 2 is 1.22 bits per heavy atom. The topological polar surface area (TPSA) is 38.4 Å². The maximum atomic E-state index is 7.41. The molecule has 2 nitrogen and oxygen atoms in total. The molecule has 0 saturated heterocycles. The predicted molar refractivity (Wildman–Crippen MR) is 108 cm³/mol. The molecule has 0 atom stereocenters. The van der Waals surface area contributed by atoms with Gasteiger partial charge in [0.25, 0.3) is 0 Å². The molecule has 0 aromatic heterocycles. The number of nitrogens with two attached hydrogens (primary N) is 1. The Morgan fingerprint density at radius 1 is 0.889 bits per heavy atom. The van der Waals surface area contributed by atoms with Gasteiger partial charge in [0, 0.05) is 0 Å². The average molecular weight is 437 g/mol. The van der Waals surface area contributed by atoms with E-state index in [1.54, 1.807) is 0 Å². The van der Waals surface area contributed by atoms with E-state index in [4.69, 9.17) is 8.31 Å². The maximum absolute atomic E-state index is 7.41. The molecule has 0 bridgehead atoms. The number of rotatable bonds is 5. The van der Waals surface area contributed by atoms with Crippen LogP contribution in [0.4, 0.5) is 0 Å². The van der Waals surface area contributed by atoms with Crippen LogP contribution in [0.25, 0.3) is 0 Å². The fourth-order valence-electron chi connectivity index (χ4n) is 2.43. The van der Waals surface area contributed by atoms with E-state index in [0.717, 1.165) is 0 Å². The minimum atomic E-state index is -2.02. The van der Waals surface area contributed by atoms with Crippen LogP contribution in [-0.2, 0) is 0 Å². The van der Waals surface area contributed by atoms with Crippen molar-refractivity contribution in [2.45, 2.75) is 65.8 Å². The zero-order valence-corrected chi connectivity index (χ0v) is 20.1. The van der Waals surface area contributed by atoms with Crippen molar-refractivity contribution in [2.75, 3.05) is 6.16 Å². The monoisotopic (exact) mass is 436 g/mol. The number of nitrogens with zero attached hydrogens (tertiary/aromatic N) is 1. The number of halogens is 1. The first-order chi connectivity index (χ1) is 7.59. The molecule has 0 aliphatic carbocycles. The summed E-state index contributed by atoms with van der Waals surface area (Å²) >= 11 is -0.162. The molecular weight excluding hydrogens is 402 g/mol. The molecule has 0 aliphatic heterocycles. The van der Waals surface area contributed by atoms with Crippen molar-refractivity contribution >= 4 is 47.7 Å². The van der Waals surface area contributed by atoms with Gasteiger partial charge >= 0.3 is 128 Å². The van der Waals surface area contributed by atoms with Gasteiger partial charge in [-0.1, -0.05) is 0 Å². The van der Waals surface area contributed by atoms with Crippen LogP contribution in [0.5, 0.6) is 0 Å². The van der Waals surface area contributed by atoms with Gasteiger partial charge in [0.2, 0.25) is 0 Å². The van der Waals surface area contributed by atoms with Gasteiger partial charge in [0.15, 0.2) is 0 Å². The van der Waals surface area contributed by atoms with Crippen molar-refractivity contribution in [3.63, 3.8) is 0 Å². The zero-order valence-electron chi connectivity index (χ0n) is 14.1. The Hall–Kier alpha value is 1.57. The number of hydrogen-bond donors (Lipinski definition) is 1. The second-order valence-corrected chi connectivity index (χ2v) is 55.1. The summed E-state index contributed by atoms with van der Waals surface area (Å²) in [5.41, 5.74) is 7.41. The number of hydrogen-bond acceptors (Lipinski definition) is 2. The quantitative estimate of drug-likeness (QED) is 0.320. The van der Waals surface area contributed by atoms with Gasteiger partial charge < -0.3 is 0 Å². The Balaban J connectivity index is 6.11. The van der Waals surface area contributed by atoms with Crippen molar-refractivity contribution in [2.24, 2.45) is 8.31 Å². The zero-order chi connectivity index (χ0) is 15.1. The molecule has 0 aromatic carbocycles. The van der Waals surface area contributed by atoms with Gasteiger partial charge in [-0.05, 0) is 0 Å². The molecule has 18 heavy (non-hydrogen) atoms. The molecule has 0 radical (unpaired) electrons. The van der Waals surface area contributed by atoms with Gasteiger partial charge in [-0.2, -0.15) is 0 Å². The Morgan fingerprint density at radius 3 is 1.39 bits per heavy atom. The first-order valence-corrected chi connectivity index (χ1v) is 25.2. The van der Waals surface area contributed by atoms with Crippen molar-refractivity contribution in [3.05, 3.63) is 0 Å². The molecule has 0 aliphatic rings. The van der Waals surface area contributed by atoms with Crippen LogP contribution in [0, 0.1) is 0 Å². The van der Waals surface area contributed by atoms with Crippen LogP contribution in [0.1, 0.15) is 6.92 Å². The van der Waals surface area contributed by atoms with Crippen LogP contribution in [0.3, 0.4) is 0 Å². The Kier molecular flexibility index (Phi) is 5.88. The van der Waals surface area contributed by atoms with Crippen molar-refractivity contribution in [1.29, 1.82) is 0 Å². The van der Waals surface area contributed by atoms with E-state index < -0.39 is 27.2 Å². The summed E-state index contributed by atoms with van der Waals surface area (Å²) in [5.74, 6) is 0. The molecule has 0 amide bonds. The fraction of sp³-hybridized carbons (Fsp3) is 1.00. The summed E-state index contributed by atoms with van der Waals surface area (Å²) < 4.78 is 3.24. The van der Waals surface area contributed by atoms with E-state index in [-0.39, 0.29) is 20.5 Å². The Labute approximate surface area is 127 Å². The third-order valence-corrected chi connectivity index (χ3v) is 83.9. The van der Waals surface area contributed by atoms with E-state index in [9.17, 15) is 0 Å². The van der Waals surface area contributed by atoms with Crippen LogP contribution >= 0.6 is 24.0 Å². The molecule has 0 aromatic rings. The summed E-state index contributed by atoms with van der Waals surface area (Å²) in [4.78, 5) is 0. The fourth-order valence-corrected chi connectivity index (χ4v) is 67.1. The molecule has 0 saturated carbocycles. The molecule has 7 heteroatoms. The normalized spacial score (nSPS) is 18.3. The van der Waals surface area contributed by atoms with Crippen molar-refractivity contribution in [1.82, 2.24) is 0 Å². The first-order valence-electron chi connectivity index (χ1n) is 6.79. The molecule has 0 heterocycles. The summed E-state index contributed by atoms with van der Waals surface area (Å²) in [6.45, 7) is 24.6. The predicted octanol–water partition coefficient (Wildman–Crippen LogP) is 6.01. The minimum absolute atomic E-state index is 0.162. The summed E-state index contributed by atoms with van der Waals surface area (Å²) in [6.07, 6.45) is 1.25. The van der Waals surface area contributed by atoms with Gasteiger partial charge in [-0.3, -0.25) is 0 Å². The first kappa shape index (κ1) is 19.6. The van der Waals surface area contributed by atoms with Crippen molar-refractivity contribution < 1.29 is 0 Å². The standard InChI is InChI=1S/C11H34IN2PSi3/c1-11-15(13,17(5,6)7,18(8,9)10)12-14-16(2,3)4/h11,13H2,1-10H3. The summed E-state index contributed by atoms with van der Waals surface area (Å²) in [5, 5.41) is 0. The van der Waals surface area contributed by atoms with Crippen LogP contribution in [0.2, 0.25) is 58.9 Å². The van der Waals surface area contributed by atoms with Crippen molar-refractivity contribution in [3.8, 4) is 0 Å². The molecular formula is C11H34IN2PSi3. The van der Waals surface area contributed by atoms with Crippen LogP contribution in [0.15, 0.2) is 2.81 Å². The second kappa shape index (κ2) is 5.40. The van der Waals surface area contributed by atoms with Gasteiger partial charge in [-0.15, -0.1) is 0 Å². The summed E-state index contributed by atoms with van der Waals surface area (Å²) in [7, 11) is -4.01. The molecule has 2 N–H and O–H groups in total. The third kappa shape index (κ3) is 3.42. The Bertz CT molecular complexity index is 326. The van der Waals surface area contributed by atoms with E-state index in [1.165, 1.54) is 6.16 Å². The van der Waals surface area contributed by atoms with E-state index in [1.807, 2.05) is 0 Å². The SMILES string of the molecule is CCP(N)(I=N[Si](C)(C)C)([Si](C)(C)C)[Si](C)(C)C. The average Bonchev–Trinajstić information content (AvgIpc) is 2.09. The van der Waals surface area contributed by atoms with E-state index >= 15 is 0 Å². The van der Waals surface area contributed by atoms with E-state index in [2.05, 4.69) is 65.8 Å². The molecule has 0 fully saturated rings.